The van der Waals surface area contributed by atoms with Crippen molar-refractivity contribution in [2.75, 3.05) is 39.0 Å². The van der Waals surface area contributed by atoms with Crippen LogP contribution in [0.15, 0.2) is 29.2 Å². The van der Waals surface area contributed by atoms with Crippen molar-refractivity contribution in [1.29, 1.82) is 0 Å². The van der Waals surface area contributed by atoms with Crippen LogP contribution in [0.5, 0.6) is 5.75 Å². The van der Waals surface area contributed by atoms with E-state index < -0.39 is 0 Å². The average molecular weight is 334 g/mol. The van der Waals surface area contributed by atoms with Gasteiger partial charge in [-0.3, -0.25) is 4.79 Å². The Morgan fingerprint density at radius 2 is 1.87 bits per heavy atom. The van der Waals surface area contributed by atoms with Crippen LogP contribution in [0.3, 0.4) is 0 Å². The van der Waals surface area contributed by atoms with Gasteiger partial charge in [0.25, 0.3) is 0 Å². The van der Waals surface area contributed by atoms with Gasteiger partial charge in [0.15, 0.2) is 0 Å². The number of methoxy groups -OCH3 is 1. The molecule has 5 heteroatoms. The molecule has 0 aliphatic carbocycles. The second kappa shape index (κ2) is 8.06. The van der Waals surface area contributed by atoms with Crippen LogP contribution in [-0.2, 0) is 4.79 Å². The highest BCUT2D eigenvalue weighted by atomic mass is 32.2. The van der Waals surface area contributed by atoms with E-state index in [-0.39, 0.29) is 0 Å². The predicted molar refractivity (Wildman–Crippen MR) is 94.0 cm³/mol. The van der Waals surface area contributed by atoms with E-state index in [0.717, 1.165) is 62.4 Å². The Balaban J connectivity index is 1.42. The Labute approximate surface area is 143 Å². The standard InChI is InChI=1S/C18H26N2O2S/c1-22-16-2-4-17(5-3-16)23-11-8-18(21)20-9-6-14-12-19-13-15(14)7-10-20/h2-5,14-15,19H,6-13H2,1H3/t14-,15+. The molecule has 0 spiro atoms. The SMILES string of the molecule is COc1ccc(SCCC(=O)N2CC[C@@H]3CNC[C@@H]3CC2)cc1. The first-order chi connectivity index (χ1) is 11.3. The van der Waals surface area contributed by atoms with Crippen LogP contribution in [0.25, 0.3) is 0 Å². The van der Waals surface area contributed by atoms with Gasteiger partial charge in [-0.1, -0.05) is 0 Å². The van der Waals surface area contributed by atoms with Gasteiger partial charge in [0.1, 0.15) is 5.75 Å². The number of fused-ring (bicyclic) bond motifs is 1. The minimum atomic E-state index is 0.318. The smallest absolute Gasteiger partial charge is 0.223 e. The lowest BCUT2D eigenvalue weighted by Gasteiger charge is -2.20. The second-order valence-corrected chi connectivity index (χ2v) is 7.58. The number of carbonyl (C=O) groups excluding carboxylic acids is 1. The molecule has 1 aromatic carbocycles. The summed E-state index contributed by atoms with van der Waals surface area (Å²) in [5, 5.41) is 3.48. The van der Waals surface area contributed by atoms with E-state index in [2.05, 4.69) is 10.2 Å². The first-order valence-electron chi connectivity index (χ1n) is 8.51. The summed E-state index contributed by atoms with van der Waals surface area (Å²) in [5.74, 6) is 3.59. The third-order valence-corrected chi connectivity index (χ3v) is 6.03. The molecule has 2 aliphatic rings. The van der Waals surface area contributed by atoms with Crippen molar-refractivity contribution in [3.63, 3.8) is 0 Å². The third-order valence-electron chi connectivity index (χ3n) is 5.02. The quantitative estimate of drug-likeness (QED) is 0.841. The first kappa shape index (κ1) is 16.7. The molecule has 2 aliphatic heterocycles. The highest BCUT2D eigenvalue weighted by Crippen LogP contribution is 2.28. The molecule has 2 atom stereocenters. The number of nitrogens with one attached hydrogen (secondary N) is 1. The summed E-state index contributed by atoms with van der Waals surface area (Å²) >= 11 is 1.74. The molecule has 4 nitrogen and oxygen atoms in total. The fraction of sp³-hybridized carbons (Fsp3) is 0.611. The third kappa shape index (κ3) is 4.42. The molecule has 1 N–H and O–H groups in total. The number of hydrogen-bond donors (Lipinski definition) is 1. The Morgan fingerprint density at radius 1 is 1.22 bits per heavy atom. The van der Waals surface area contributed by atoms with Gasteiger partial charge in [-0.15, -0.1) is 11.8 Å². The molecule has 23 heavy (non-hydrogen) atoms. The number of carbonyl (C=O) groups is 1. The van der Waals surface area contributed by atoms with Crippen LogP contribution in [0, 0.1) is 11.8 Å². The van der Waals surface area contributed by atoms with Gasteiger partial charge in [-0.05, 0) is 62.0 Å². The molecule has 3 rings (SSSR count). The van der Waals surface area contributed by atoms with Crippen LogP contribution in [-0.4, -0.2) is 49.8 Å². The number of benzene rings is 1. The molecule has 0 unspecified atom stereocenters. The summed E-state index contributed by atoms with van der Waals surface area (Å²) in [6.45, 7) is 4.16. The Bertz CT molecular complexity index is 506. The lowest BCUT2D eigenvalue weighted by molar-refractivity contribution is -0.130. The highest BCUT2D eigenvalue weighted by Gasteiger charge is 2.31. The van der Waals surface area contributed by atoms with E-state index in [1.54, 1.807) is 18.9 Å². The van der Waals surface area contributed by atoms with E-state index in [1.165, 1.54) is 4.90 Å². The number of likely N-dealkylation sites (tertiary alicyclic amines) is 1. The van der Waals surface area contributed by atoms with Crippen LogP contribution >= 0.6 is 11.8 Å². The summed E-state index contributed by atoms with van der Waals surface area (Å²) in [6, 6.07) is 8.03. The molecule has 1 aromatic rings. The average Bonchev–Trinajstić information content (AvgIpc) is 2.93. The maximum absolute atomic E-state index is 12.4. The van der Waals surface area contributed by atoms with Gasteiger partial charge in [0.2, 0.25) is 5.91 Å². The molecule has 0 aromatic heterocycles. The van der Waals surface area contributed by atoms with E-state index in [0.29, 0.717) is 12.3 Å². The van der Waals surface area contributed by atoms with E-state index in [9.17, 15) is 4.79 Å². The monoisotopic (exact) mass is 334 g/mol. The van der Waals surface area contributed by atoms with Crippen molar-refractivity contribution >= 4 is 17.7 Å². The molecule has 0 bridgehead atoms. The topological polar surface area (TPSA) is 41.6 Å². The Hall–Kier alpha value is -1.20. The van der Waals surface area contributed by atoms with Gasteiger partial charge in [-0.25, -0.2) is 0 Å². The zero-order valence-corrected chi connectivity index (χ0v) is 14.6. The molecular formula is C18H26N2O2S. The van der Waals surface area contributed by atoms with E-state index in [4.69, 9.17) is 4.74 Å². The molecular weight excluding hydrogens is 308 g/mol. The molecule has 2 saturated heterocycles. The summed E-state index contributed by atoms with van der Waals surface area (Å²) in [7, 11) is 1.67. The number of rotatable bonds is 5. The lowest BCUT2D eigenvalue weighted by Crippen LogP contribution is -2.32. The van der Waals surface area contributed by atoms with Gasteiger partial charge in [0, 0.05) is 30.2 Å². The molecule has 126 valence electrons. The lowest BCUT2D eigenvalue weighted by atomic mass is 9.92. The zero-order valence-electron chi connectivity index (χ0n) is 13.8. The summed E-state index contributed by atoms with van der Waals surface area (Å²) < 4.78 is 5.16. The fourth-order valence-electron chi connectivity index (χ4n) is 3.55. The van der Waals surface area contributed by atoms with Crippen LogP contribution < -0.4 is 10.1 Å². The maximum Gasteiger partial charge on any atom is 0.223 e. The van der Waals surface area contributed by atoms with E-state index in [1.807, 2.05) is 24.3 Å². The minimum Gasteiger partial charge on any atom is -0.497 e. The van der Waals surface area contributed by atoms with Crippen molar-refractivity contribution in [2.45, 2.75) is 24.2 Å². The predicted octanol–water partition coefficient (Wildman–Crippen LogP) is 2.64. The summed E-state index contributed by atoms with van der Waals surface area (Å²) in [5.41, 5.74) is 0. The normalized spacial score (nSPS) is 24.1. The Morgan fingerprint density at radius 3 is 2.48 bits per heavy atom. The van der Waals surface area contributed by atoms with Gasteiger partial charge in [0.05, 0.1) is 7.11 Å². The van der Waals surface area contributed by atoms with Crippen molar-refractivity contribution in [3.8, 4) is 5.75 Å². The molecule has 0 saturated carbocycles. The molecule has 2 heterocycles. The fourth-order valence-corrected chi connectivity index (χ4v) is 4.39. The number of ether oxygens (including phenoxy) is 1. The number of nitrogens with zero attached hydrogens (tertiary/aromatic N) is 1. The van der Waals surface area contributed by atoms with Crippen molar-refractivity contribution in [1.82, 2.24) is 10.2 Å². The second-order valence-electron chi connectivity index (χ2n) is 6.41. The zero-order chi connectivity index (χ0) is 16.1. The number of amides is 1. The van der Waals surface area contributed by atoms with Crippen molar-refractivity contribution in [3.05, 3.63) is 24.3 Å². The van der Waals surface area contributed by atoms with Crippen LogP contribution in [0.1, 0.15) is 19.3 Å². The number of thioether (sulfide) groups is 1. The summed E-state index contributed by atoms with van der Waals surface area (Å²) in [6.07, 6.45) is 2.95. The van der Waals surface area contributed by atoms with Crippen LogP contribution in [0.2, 0.25) is 0 Å². The van der Waals surface area contributed by atoms with E-state index >= 15 is 0 Å². The Kier molecular flexibility index (Phi) is 5.84. The van der Waals surface area contributed by atoms with Crippen molar-refractivity contribution < 1.29 is 9.53 Å². The maximum atomic E-state index is 12.4. The van der Waals surface area contributed by atoms with Crippen molar-refractivity contribution in [2.24, 2.45) is 11.8 Å². The largest absolute Gasteiger partial charge is 0.497 e. The van der Waals surface area contributed by atoms with Gasteiger partial charge in [-0.2, -0.15) is 0 Å². The molecule has 1 amide bonds. The first-order valence-corrected chi connectivity index (χ1v) is 9.50. The van der Waals surface area contributed by atoms with Crippen LogP contribution in [0.4, 0.5) is 0 Å². The summed E-state index contributed by atoms with van der Waals surface area (Å²) in [4.78, 5) is 15.7. The molecule has 2 fully saturated rings. The van der Waals surface area contributed by atoms with Gasteiger partial charge >= 0.3 is 0 Å². The van der Waals surface area contributed by atoms with Gasteiger partial charge < -0.3 is 15.0 Å². The minimum absolute atomic E-state index is 0.318. The number of hydrogen-bond acceptors (Lipinski definition) is 4. The molecule has 0 radical (unpaired) electrons. The highest BCUT2D eigenvalue weighted by molar-refractivity contribution is 7.99.